The number of rotatable bonds is 6. The summed E-state index contributed by atoms with van der Waals surface area (Å²) in [6, 6.07) is 13.4. The highest BCUT2D eigenvalue weighted by Crippen LogP contribution is 2.16. The molecule has 0 aliphatic rings. The quantitative estimate of drug-likeness (QED) is 0.756. The number of benzene rings is 2. The van der Waals surface area contributed by atoms with Gasteiger partial charge in [0, 0.05) is 12.1 Å². The summed E-state index contributed by atoms with van der Waals surface area (Å²) < 4.78 is 10.3. The summed E-state index contributed by atoms with van der Waals surface area (Å²) in [6.45, 7) is 3.21. The van der Waals surface area contributed by atoms with Crippen LogP contribution in [-0.2, 0) is 6.42 Å². The molecule has 0 aliphatic heterocycles. The highest BCUT2D eigenvalue weighted by molar-refractivity contribution is 7.12. The molecule has 0 unspecified atom stereocenters. The Balaban J connectivity index is 1.54. The van der Waals surface area contributed by atoms with Gasteiger partial charge in [-0.2, -0.15) is 0 Å². The first kappa shape index (κ1) is 15.4. The van der Waals surface area contributed by atoms with Crippen molar-refractivity contribution in [3.8, 4) is 5.75 Å². The van der Waals surface area contributed by atoms with Gasteiger partial charge in [-0.05, 0) is 60.8 Å². The van der Waals surface area contributed by atoms with Crippen molar-refractivity contribution in [1.82, 2.24) is 14.9 Å². The number of hydrogen-bond acceptors (Lipinski definition) is 5. The highest BCUT2D eigenvalue weighted by atomic mass is 32.1. The van der Waals surface area contributed by atoms with Crippen molar-refractivity contribution in [2.75, 3.05) is 13.2 Å². The fourth-order valence-corrected chi connectivity index (χ4v) is 2.80. The van der Waals surface area contributed by atoms with Crippen LogP contribution >= 0.6 is 11.5 Å². The van der Waals surface area contributed by atoms with E-state index in [2.05, 4.69) is 14.9 Å². The van der Waals surface area contributed by atoms with Crippen LogP contribution in [0.1, 0.15) is 22.8 Å². The van der Waals surface area contributed by atoms with Gasteiger partial charge in [-0.1, -0.05) is 16.6 Å². The largest absolute Gasteiger partial charge is 0.494 e. The number of aromatic nitrogens is 2. The molecule has 0 atom stereocenters. The standard InChI is InChI=1S/C17H17N3O2S/c1-2-22-14-6-3-12(4-7-14)9-10-18-17(21)13-5-8-16-15(11-13)19-20-23-16/h3-8,11H,2,9-10H2,1H3,(H,18,21). The molecular formula is C17H17N3O2S. The molecule has 0 aliphatic carbocycles. The van der Waals surface area contributed by atoms with E-state index in [0.717, 1.165) is 28.0 Å². The van der Waals surface area contributed by atoms with Gasteiger partial charge in [-0.25, -0.2) is 0 Å². The lowest BCUT2D eigenvalue weighted by atomic mass is 10.1. The van der Waals surface area contributed by atoms with Gasteiger partial charge >= 0.3 is 0 Å². The van der Waals surface area contributed by atoms with E-state index < -0.39 is 0 Å². The number of hydrogen-bond donors (Lipinski definition) is 1. The Morgan fingerprint density at radius 1 is 1.22 bits per heavy atom. The van der Waals surface area contributed by atoms with Crippen molar-refractivity contribution in [2.45, 2.75) is 13.3 Å². The zero-order valence-corrected chi connectivity index (χ0v) is 13.6. The molecule has 0 bridgehead atoms. The molecule has 0 saturated heterocycles. The minimum absolute atomic E-state index is 0.0918. The Kier molecular flexibility index (Phi) is 4.83. The lowest BCUT2D eigenvalue weighted by Gasteiger charge is -2.07. The van der Waals surface area contributed by atoms with Gasteiger partial charge in [0.2, 0.25) is 0 Å². The first-order chi connectivity index (χ1) is 11.3. The maximum atomic E-state index is 12.2. The molecule has 6 heteroatoms. The summed E-state index contributed by atoms with van der Waals surface area (Å²) in [7, 11) is 0. The molecular weight excluding hydrogens is 310 g/mol. The van der Waals surface area contributed by atoms with Gasteiger partial charge in [0.1, 0.15) is 11.3 Å². The Bertz CT molecular complexity index is 799. The van der Waals surface area contributed by atoms with Gasteiger partial charge in [0.25, 0.3) is 5.91 Å². The molecule has 1 heterocycles. The van der Waals surface area contributed by atoms with Crippen molar-refractivity contribution in [1.29, 1.82) is 0 Å². The zero-order chi connectivity index (χ0) is 16.1. The number of ether oxygens (including phenoxy) is 1. The average molecular weight is 327 g/mol. The SMILES string of the molecule is CCOc1ccc(CCNC(=O)c2ccc3snnc3c2)cc1. The average Bonchev–Trinajstić information content (AvgIpc) is 3.04. The van der Waals surface area contributed by atoms with E-state index in [-0.39, 0.29) is 5.91 Å². The molecule has 0 spiro atoms. The molecule has 0 fully saturated rings. The molecule has 1 aromatic heterocycles. The minimum Gasteiger partial charge on any atom is -0.494 e. The van der Waals surface area contributed by atoms with E-state index >= 15 is 0 Å². The number of nitrogens with one attached hydrogen (secondary N) is 1. The van der Waals surface area contributed by atoms with Crippen LogP contribution in [0.3, 0.4) is 0 Å². The third kappa shape index (κ3) is 3.84. The van der Waals surface area contributed by atoms with Crippen molar-refractivity contribution in [3.63, 3.8) is 0 Å². The first-order valence-corrected chi connectivity index (χ1v) is 8.25. The second-order valence-electron chi connectivity index (χ2n) is 5.04. The summed E-state index contributed by atoms with van der Waals surface area (Å²) in [5.41, 5.74) is 2.53. The summed E-state index contributed by atoms with van der Waals surface area (Å²) in [5.74, 6) is 0.774. The molecule has 0 saturated carbocycles. The normalized spacial score (nSPS) is 10.7. The van der Waals surface area contributed by atoms with Crippen LogP contribution in [0, 0.1) is 0 Å². The first-order valence-electron chi connectivity index (χ1n) is 7.48. The summed E-state index contributed by atoms with van der Waals surface area (Å²) in [5, 5.41) is 6.92. The van der Waals surface area contributed by atoms with Crippen molar-refractivity contribution >= 4 is 27.7 Å². The van der Waals surface area contributed by atoms with Crippen LogP contribution in [0.25, 0.3) is 10.2 Å². The van der Waals surface area contributed by atoms with E-state index in [1.165, 1.54) is 11.5 Å². The Morgan fingerprint density at radius 2 is 2.04 bits per heavy atom. The fourth-order valence-electron chi connectivity index (χ4n) is 2.26. The van der Waals surface area contributed by atoms with Gasteiger partial charge in [0.15, 0.2) is 0 Å². The molecule has 23 heavy (non-hydrogen) atoms. The Hall–Kier alpha value is -2.47. The van der Waals surface area contributed by atoms with Gasteiger partial charge in [-0.3, -0.25) is 4.79 Å². The van der Waals surface area contributed by atoms with Crippen molar-refractivity contribution in [3.05, 3.63) is 53.6 Å². The lowest BCUT2D eigenvalue weighted by molar-refractivity contribution is 0.0954. The summed E-state index contributed by atoms with van der Waals surface area (Å²) in [6.07, 6.45) is 0.776. The van der Waals surface area contributed by atoms with Crippen LogP contribution in [-0.4, -0.2) is 28.6 Å². The molecule has 118 valence electrons. The smallest absolute Gasteiger partial charge is 0.251 e. The van der Waals surface area contributed by atoms with Crippen LogP contribution in [0.4, 0.5) is 0 Å². The molecule has 1 N–H and O–H groups in total. The third-order valence-electron chi connectivity index (χ3n) is 3.44. The van der Waals surface area contributed by atoms with E-state index in [1.54, 1.807) is 12.1 Å². The van der Waals surface area contributed by atoms with Crippen LogP contribution < -0.4 is 10.1 Å². The molecule has 3 aromatic rings. The lowest BCUT2D eigenvalue weighted by Crippen LogP contribution is -2.25. The fraction of sp³-hybridized carbons (Fsp3) is 0.235. The number of nitrogens with zero attached hydrogens (tertiary/aromatic N) is 2. The van der Waals surface area contributed by atoms with E-state index in [9.17, 15) is 4.79 Å². The third-order valence-corrected chi connectivity index (χ3v) is 4.15. The van der Waals surface area contributed by atoms with E-state index in [0.29, 0.717) is 18.7 Å². The van der Waals surface area contributed by atoms with Crippen molar-refractivity contribution < 1.29 is 9.53 Å². The summed E-state index contributed by atoms with van der Waals surface area (Å²) >= 11 is 1.32. The predicted molar refractivity (Wildman–Crippen MR) is 91.1 cm³/mol. The van der Waals surface area contributed by atoms with E-state index in [4.69, 9.17) is 4.74 Å². The second kappa shape index (κ2) is 7.19. The minimum atomic E-state index is -0.0918. The number of amides is 1. The number of carbonyl (C=O) groups excluding carboxylic acids is 1. The molecule has 3 rings (SSSR count). The highest BCUT2D eigenvalue weighted by Gasteiger charge is 2.07. The van der Waals surface area contributed by atoms with Gasteiger partial charge in [0.05, 0.1) is 11.3 Å². The van der Waals surface area contributed by atoms with Crippen molar-refractivity contribution in [2.24, 2.45) is 0 Å². The molecule has 2 aromatic carbocycles. The maximum Gasteiger partial charge on any atom is 0.251 e. The Morgan fingerprint density at radius 3 is 2.83 bits per heavy atom. The number of fused-ring (bicyclic) bond motifs is 1. The second-order valence-corrected chi connectivity index (χ2v) is 5.82. The van der Waals surface area contributed by atoms with Gasteiger partial charge < -0.3 is 10.1 Å². The van der Waals surface area contributed by atoms with Crippen LogP contribution in [0.2, 0.25) is 0 Å². The monoisotopic (exact) mass is 327 g/mol. The van der Waals surface area contributed by atoms with E-state index in [1.807, 2.05) is 37.3 Å². The molecule has 1 amide bonds. The zero-order valence-electron chi connectivity index (χ0n) is 12.8. The molecule has 0 radical (unpaired) electrons. The van der Waals surface area contributed by atoms with Crippen LogP contribution in [0.5, 0.6) is 5.75 Å². The maximum absolute atomic E-state index is 12.2. The molecule has 5 nitrogen and oxygen atoms in total. The summed E-state index contributed by atoms with van der Waals surface area (Å²) in [4.78, 5) is 12.2. The van der Waals surface area contributed by atoms with Gasteiger partial charge in [-0.15, -0.1) is 5.10 Å². The predicted octanol–water partition coefficient (Wildman–Crippen LogP) is 3.06. The van der Waals surface area contributed by atoms with Crippen LogP contribution in [0.15, 0.2) is 42.5 Å². The number of carbonyl (C=O) groups is 1. The Labute approximate surface area is 138 Å². The topological polar surface area (TPSA) is 64.1 Å².